The van der Waals surface area contributed by atoms with Crippen molar-refractivity contribution in [2.75, 3.05) is 5.32 Å². The fourth-order valence-electron chi connectivity index (χ4n) is 1.45. The Balaban J connectivity index is 2.15. The molecular formula is C12H9ClF3N3. The predicted octanol–water partition coefficient (Wildman–Crippen LogP) is 3.76. The zero-order valence-corrected chi connectivity index (χ0v) is 10.3. The largest absolute Gasteiger partial charge is 0.416 e. The van der Waals surface area contributed by atoms with E-state index in [-0.39, 0.29) is 11.0 Å². The second-order valence-corrected chi connectivity index (χ2v) is 4.16. The van der Waals surface area contributed by atoms with Gasteiger partial charge in [0.2, 0.25) is 0 Å². The Bertz CT molecular complexity index is 558. The maximum Gasteiger partial charge on any atom is 0.416 e. The molecule has 2 heterocycles. The SMILES string of the molecule is FC(F)(F)c1cc(Cl)nc(NCc2cccnc2)c1. The molecule has 0 spiro atoms. The Kier molecular flexibility index (Phi) is 3.90. The van der Waals surface area contributed by atoms with Gasteiger partial charge in [-0.2, -0.15) is 13.2 Å². The molecule has 7 heteroatoms. The lowest BCUT2D eigenvalue weighted by Gasteiger charge is -2.10. The molecule has 0 saturated carbocycles. The fourth-order valence-corrected chi connectivity index (χ4v) is 1.66. The standard InChI is InChI=1S/C12H9ClF3N3/c13-10-4-9(12(14,15)16)5-11(19-10)18-7-8-2-1-3-17-6-8/h1-6H,7H2,(H,18,19). The molecule has 0 fully saturated rings. The van der Waals surface area contributed by atoms with Crippen molar-refractivity contribution in [3.05, 3.63) is 52.9 Å². The van der Waals surface area contributed by atoms with E-state index in [1.165, 1.54) is 0 Å². The molecule has 2 aromatic rings. The van der Waals surface area contributed by atoms with E-state index in [2.05, 4.69) is 15.3 Å². The van der Waals surface area contributed by atoms with Crippen molar-refractivity contribution in [3.8, 4) is 0 Å². The van der Waals surface area contributed by atoms with Crippen molar-refractivity contribution in [3.63, 3.8) is 0 Å². The first-order valence-corrected chi connectivity index (χ1v) is 5.70. The van der Waals surface area contributed by atoms with E-state index in [1.807, 2.05) is 0 Å². The molecule has 2 rings (SSSR count). The summed E-state index contributed by atoms with van der Waals surface area (Å²) < 4.78 is 37.8. The summed E-state index contributed by atoms with van der Waals surface area (Å²) in [5, 5.41) is 2.57. The molecule has 0 saturated heterocycles. The van der Waals surface area contributed by atoms with E-state index in [9.17, 15) is 13.2 Å². The van der Waals surface area contributed by atoms with Crippen molar-refractivity contribution in [1.29, 1.82) is 0 Å². The molecule has 0 amide bonds. The number of pyridine rings is 2. The monoisotopic (exact) mass is 287 g/mol. The van der Waals surface area contributed by atoms with Crippen LogP contribution in [-0.4, -0.2) is 9.97 Å². The number of hydrogen-bond acceptors (Lipinski definition) is 3. The molecule has 100 valence electrons. The molecule has 0 atom stereocenters. The third-order valence-corrected chi connectivity index (χ3v) is 2.51. The third-order valence-electron chi connectivity index (χ3n) is 2.32. The van der Waals surface area contributed by atoms with Crippen molar-refractivity contribution in [2.24, 2.45) is 0 Å². The van der Waals surface area contributed by atoms with Gasteiger partial charge in [0.15, 0.2) is 0 Å². The summed E-state index contributed by atoms with van der Waals surface area (Å²) in [7, 11) is 0. The Morgan fingerprint density at radius 2 is 2.05 bits per heavy atom. The molecule has 3 nitrogen and oxygen atoms in total. The summed E-state index contributed by atoms with van der Waals surface area (Å²) in [4.78, 5) is 7.70. The second-order valence-electron chi connectivity index (χ2n) is 3.78. The van der Waals surface area contributed by atoms with Crippen LogP contribution in [0.5, 0.6) is 0 Å². The van der Waals surface area contributed by atoms with Gasteiger partial charge in [0.1, 0.15) is 11.0 Å². The second kappa shape index (κ2) is 5.44. The van der Waals surface area contributed by atoms with Crippen LogP contribution in [0, 0.1) is 0 Å². The first-order chi connectivity index (χ1) is 8.95. The topological polar surface area (TPSA) is 37.8 Å². The summed E-state index contributed by atoms with van der Waals surface area (Å²) >= 11 is 5.57. The van der Waals surface area contributed by atoms with Gasteiger partial charge in [-0.3, -0.25) is 4.98 Å². The van der Waals surface area contributed by atoms with E-state index in [0.29, 0.717) is 6.54 Å². The van der Waals surface area contributed by atoms with Gasteiger partial charge in [0.25, 0.3) is 0 Å². The van der Waals surface area contributed by atoms with Crippen molar-refractivity contribution in [1.82, 2.24) is 9.97 Å². The molecule has 1 N–H and O–H groups in total. The molecule has 0 radical (unpaired) electrons. The molecular weight excluding hydrogens is 279 g/mol. The van der Waals surface area contributed by atoms with Crippen LogP contribution in [0.4, 0.5) is 19.0 Å². The van der Waals surface area contributed by atoms with Crippen LogP contribution in [0.15, 0.2) is 36.7 Å². The normalized spacial score (nSPS) is 11.4. The smallest absolute Gasteiger partial charge is 0.366 e. The Morgan fingerprint density at radius 1 is 1.26 bits per heavy atom. The highest BCUT2D eigenvalue weighted by atomic mass is 35.5. The van der Waals surface area contributed by atoms with Crippen molar-refractivity contribution in [2.45, 2.75) is 12.7 Å². The van der Waals surface area contributed by atoms with Crippen LogP contribution in [0.1, 0.15) is 11.1 Å². The lowest BCUT2D eigenvalue weighted by atomic mass is 10.2. The summed E-state index contributed by atoms with van der Waals surface area (Å²) in [6.45, 7) is 0.318. The van der Waals surface area contributed by atoms with Crippen molar-refractivity contribution >= 4 is 17.4 Å². The van der Waals surface area contributed by atoms with Crippen LogP contribution in [0.3, 0.4) is 0 Å². The maximum absolute atomic E-state index is 12.6. The van der Waals surface area contributed by atoms with Gasteiger partial charge in [-0.15, -0.1) is 0 Å². The van der Waals surface area contributed by atoms with E-state index in [1.54, 1.807) is 24.5 Å². The predicted molar refractivity (Wildman–Crippen MR) is 65.8 cm³/mol. The summed E-state index contributed by atoms with van der Waals surface area (Å²) in [6, 6.07) is 5.25. The lowest BCUT2D eigenvalue weighted by molar-refractivity contribution is -0.137. The highest BCUT2D eigenvalue weighted by molar-refractivity contribution is 6.29. The number of alkyl halides is 3. The lowest BCUT2D eigenvalue weighted by Crippen LogP contribution is -2.08. The zero-order valence-electron chi connectivity index (χ0n) is 9.58. The first kappa shape index (κ1) is 13.6. The number of anilines is 1. The molecule has 0 aromatic carbocycles. The van der Waals surface area contributed by atoms with E-state index < -0.39 is 11.7 Å². The van der Waals surface area contributed by atoms with Crippen LogP contribution >= 0.6 is 11.6 Å². The van der Waals surface area contributed by atoms with Gasteiger partial charge in [0.05, 0.1) is 5.56 Å². The fraction of sp³-hybridized carbons (Fsp3) is 0.167. The van der Waals surface area contributed by atoms with Crippen LogP contribution in [0.2, 0.25) is 5.15 Å². The molecule has 0 aliphatic carbocycles. The quantitative estimate of drug-likeness (QED) is 0.874. The van der Waals surface area contributed by atoms with Gasteiger partial charge in [-0.05, 0) is 23.8 Å². The zero-order chi connectivity index (χ0) is 13.9. The number of hydrogen-bond donors (Lipinski definition) is 1. The van der Waals surface area contributed by atoms with E-state index in [4.69, 9.17) is 11.6 Å². The first-order valence-electron chi connectivity index (χ1n) is 5.33. The number of rotatable bonds is 3. The number of nitrogens with zero attached hydrogens (tertiary/aromatic N) is 2. The van der Waals surface area contributed by atoms with E-state index >= 15 is 0 Å². The molecule has 2 aromatic heterocycles. The highest BCUT2D eigenvalue weighted by Crippen LogP contribution is 2.31. The van der Waals surface area contributed by atoms with Crippen LogP contribution < -0.4 is 5.32 Å². The summed E-state index contributed by atoms with van der Waals surface area (Å²) in [6.07, 6.45) is -1.22. The van der Waals surface area contributed by atoms with Gasteiger partial charge >= 0.3 is 6.18 Å². The molecule has 0 aliphatic heterocycles. The summed E-state index contributed by atoms with van der Waals surface area (Å²) in [5.74, 6) is 0.0729. The average molecular weight is 288 g/mol. The molecule has 0 aliphatic rings. The molecule has 19 heavy (non-hydrogen) atoms. The minimum Gasteiger partial charge on any atom is -0.366 e. The van der Waals surface area contributed by atoms with Crippen LogP contribution in [-0.2, 0) is 12.7 Å². The van der Waals surface area contributed by atoms with Gasteiger partial charge in [-0.25, -0.2) is 4.98 Å². The van der Waals surface area contributed by atoms with Crippen LogP contribution in [0.25, 0.3) is 0 Å². The Hall–Kier alpha value is -1.82. The molecule has 0 unspecified atom stereocenters. The minimum absolute atomic E-state index is 0.0729. The van der Waals surface area contributed by atoms with E-state index in [0.717, 1.165) is 17.7 Å². The number of halogens is 4. The molecule has 0 bridgehead atoms. The van der Waals surface area contributed by atoms with Gasteiger partial charge in [0, 0.05) is 18.9 Å². The minimum atomic E-state index is -4.45. The van der Waals surface area contributed by atoms with Crippen molar-refractivity contribution < 1.29 is 13.2 Å². The Labute approximate surface area is 112 Å². The number of aromatic nitrogens is 2. The highest BCUT2D eigenvalue weighted by Gasteiger charge is 2.31. The summed E-state index contributed by atoms with van der Waals surface area (Å²) in [5.41, 5.74) is -0.000907. The third kappa shape index (κ3) is 3.82. The van der Waals surface area contributed by atoms with Gasteiger partial charge in [-0.1, -0.05) is 17.7 Å². The Morgan fingerprint density at radius 3 is 2.68 bits per heavy atom. The van der Waals surface area contributed by atoms with Gasteiger partial charge < -0.3 is 5.32 Å². The average Bonchev–Trinajstić information content (AvgIpc) is 2.36. The number of nitrogens with one attached hydrogen (secondary N) is 1. The maximum atomic E-state index is 12.6.